The lowest BCUT2D eigenvalue weighted by Crippen LogP contribution is -2.68. The van der Waals surface area contributed by atoms with E-state index in [2.05, 4.69) is 24.3 Å². The third-order valence-corrected chi connectivity index (χ3v) is 7.09. The Hall–Kier alpha value is -1.85. The van der Waals surface area contributed by atoms with Gasteiger partial charge in [0, 0.05) is 11.4 Å². The van der Waals surface area contributed by atoms with Crippen LogP contribution in [0.1, 0.15) is 16.7 Å². The number of aryl methyl sites for hydroxylation is 1. The second-order valence-corrected chi connectivity index (χ2v) is 7.97. The molecule has 1 amide bonds. The predicted molar refractivity (Wildman–Crippen MR) is 98.5 cm³/mol. The van der Waals surface area contributed by atoms with Gasteiger partial charge in [-0.05, 0) is 30.2 Å². The topological polar surface area (TPSA) is 38.8 Å². The van der Waals surface area contributed by atoms with Gasteiger partial charge in [-0.1, -0.05) is 41.6 Å². The molecule has 25 heavy (non-hydrogen) atoms. The van der Waals surface area contributed by atoms with Crippen molar-refractivity contribution in [3.63, 3.8) is 0 Å². The van der Waals surface area contributed by atoms with Crippen LogP contribution in [0, 0.1) is 6.92 Å². The average Bonchev–Trinajstić information content (AvgIpc) is 2.65. The lowest BCUT2D eigenvalue weighted by molar-refractivity contribution is -0.149. The van der Waals surface area contributed by atoms with E-state index in [9.17, 15) is 4.79 Å². The van der Waals surface area contributed by atoms with E-state index in [1.165, 1.54) is 5.56 Å². The predicted octanol–water partition coefficient (Wildman–Crippen LogP) is 3.92. The number of carbonyl (C=O) groups is 1. The highest BCUT2D eigenvalue weighted by Crippen LogP contribution is 2.60. The third kappa shape index (κ3) is 2.26. The van der Waals surface area contributed by atoms with Crippen LogP contribution in [0.4, 0.5) is 0 Å². The van der Waals surface area contributed by atoms with Crippen molar-refractivity contribution in [3.05, 3.63) is 53.1 Å². The van der Waals surface area contributed by atoms with Crippen LogP contribution in [0.25, 0.3) is 0 Å². The quantitative estimate of drug-likeness (QED) is 0.602. The summed E-state index contributed by atoms with van der Waals surface area (Å²) in [7, 11) is 3.23. The van der Waals surface area contributed by atoms with Crippen LogP contribution >= 0.6 is 23.4 Å². The molecule has 2 atom stereocenters. The van der Waals surface area contributed by atoms with Gasteiger partial charge in [0.05, 0.1) is 14.2 Å². The number of thioether (sulfide) groups is 1. The first-order valence-corrected chi connectivity index (χ1v) is 9.23. The summed E-state index contributed by atoms with van der Waals surface area (Å²) in [5.74, 6) is 1.31. The fourth-order valence-electron chi connectivity index (χ4n) is 3.45. The fraction of sp³-hybridized carbons (Fsp3) is 0.316. The van der Waals surface area contributed by atoms with E-state index in [-0.39, 0.29) is 5.91 Å². The molecule has 0 unspecified atom stereocenters. The molecule has 0 N–H and O–H groups in total. The van der Waals surface area contributed by atoms with Crippen LogP contribution < -0.4 is 9.47 Å². The number of hydrogen-bond donors (Lipinski definition) is 0. The van der Waals surface area contributed by atoms with Gasteiger partial charge in [-0.2, -0.15) is 0 Å². The molecule has 6 heteroatoms. The lowest BCUT2D eigenvalue weighted by atomic mass is 9.90. The molecule has 2 aromatic carbocycles. The Morgan fingerprint density at radius 1 is 1.16 bits per heavy atom. The first-order chi connectivity index (χ1) is 12.0. The third-order valence-electron chi connectivity index (χ3n) is 4.85. The van der Waals surface area contributed by atoms with Crippen molar-refractivity contribution in [2.75, 3.05) is 14.2 Å². The largest absolute Gasteiger partial charge is 0.493 e. The van der Waals surface area contributed by atoms with Gasteiger partial charge in [0.25, 0.3) is 0 Å². The van der Waals surface area contributed by atoms with Crippen molar-refractivity contribution in [1.82, 2.24) is 4.90 Å². The number of alkyl halides is 1. The summed E-state index contributed by atoms with van der Waals surface area (Å²) in [5.41, 5.74) is 3.27. The number of rotatable bonds is 3. The number of benzene rings is 2. The first-order valence-electron chi connectivity index (χ1n) is 7.98. The summed E-state index contributed by atoms with van der Waals surface area (Å²) in [4.78, 5) is 14.8. The molecular weight excluding hydrogens is 358 g/mol. The summed E-state index contributed by atoms with van der Waals surface area (Å²) in [5, 5.41) is -0.582. The van der Waals surface area contributed by atoms with Crippen molar-refractivity contribution in [3.8, 4) is 11.5 Å². The summed E-state index contributed by atoms with van der Waals surface area (Å²) in [6.07, 6.45) is 0. The Labute approximate surface area is 156 Å². The van der Waals surface area contributed by atoms with Gasteiger partial charge in [-0.3, -0.25) is 4.79 Å². The Kier molecular flexibility index (Phi) is 3.89. The molecular formula is C19H18ClNO3S. The second kappa shape index (κ2) is 5.85. The zero-order valence-electron chi connectivity index (χ0n) is 14.2. The Bertz CT molecular complexity index is 854. The van der Waals surface area contributed by atoms with Crippen LogP contribution in [0.5, 0.6) is 11.5 Å². The summed E-state index contributed by atoms with van der Waals surface area (Å²) >= 11 is 8.15. The molecule has 0 saturated carbocycles. The minimum absolute atomic E-state index is 0.0322. The standard InChI is InChI=1S/C19H18ClNO3S/c1-11-4-6-13(7-5-11)19-17(20)18(22)21(19)10-12-8-14(23-2)15(24-3)9-16(12)25-19/h4-9,17H,10H2,1-3H3/t17-,19+/m1/s1. The molecule has 0 spiro atoms. The van der Waals surface area contributed by atoms with Gasteiger partial charge in [-0.15, -0.1) is 11.6 Å². The Balaban J connectivity index is 1.83. The number of nitrogens with zero attached hydrogens (tertiary/aromatic N) is 1. The number of amides is 1. The van der Waals surface area contributed by atoms with E-state index in [1.807, 2.05) is 24.0 Å². The van der Waals surface area contributed by atoms with E-state index in [1.54, 1.807) is 26.0 Å². The number of methoxy groups -OCH3 is 2. The van der Waals surface area contributed by atoms with Gasteiger partial charge in [0.1, 0.15) is 10.2 Å². The van der Waals surface area contributed by atoms with Crippen LogP contribution in [-0.4, -0.2) is 30.4 Å². The maximum atomic E-state index is 12.5. The highest BCUT2D eigenvalue weighted by molar-refractivity contribution is 8.00. The number of β-lactam (4-membered cyclic amide) rings is 1. The van der Waals surface area contributed by atoms with Gasteiger partial charge in [0.15, 0.2) is 11.5 Å². The highest BCUT2D eigenvalue weighted by Gasteiger charge is 2.63. The number of carbonyl (C=O) groups excluding carboxylic acids is 1. The maximum absolute atomic E-state index is 12.5. The molecule has 130 valence electrons. The van der Waals surface area contributed by atoms with Gasteiger partial charge >= 0.3 is 0 Å². The van der Waals surface area contributed by atoms with Crippen molar-refractivity contribution < 1.29 is 14.3 Å². The van der Waals surface area contributed by atoms with Crippen molar-refractivity contribution in [1.29, 1.82) is 0 Å². The van der Waals surface area contributed by atoms with E-state index in [4.69, 9.17) is 21.1 Å². The Morgan fingerprint density at radius 2 is 1.80 bits per heavy atom. The van der Waals surface area contributed by atoms with Gasteiger partial charge < -0.3 is 14.4 Å². The van der Waals surface area contributed by atoms with Crippen LogP contribution in [0.15, 0.2) is 41.3 Å². The molecule has 4 nitrogen and oxygen atoms in total. The van der Waals surface area contributed by atoms with E-state index in [0.29, 0.717) is 18.0 Å². The molecule has 0 bridgehead atoms. The molecule has 1 fully saturated rings. The zero-order chi connectivity index (χ0) is 17.8. The van der Waals surface area contributed by atoms with Crippen molar-refractivity contribution in [2.45, 2.75) is 28.6 Å². The monoisotopic (exact) mass is 375 g/mol. The fourth-order valence-corrected chi connectivity index (χ4v) is 5.43. The Morgan fingerprint density at radius 3 is 2.44 bits per heavy atom. The molecule has 2 aliphatic heterocycles. The van der Waals surface area contributed by atoms with Crippen molar-refractivity contribution in [2.24, 2.45) is 0 Å². The minimum atomic E-state index is -0.582. The summed E-state index contributed by atoms with van der Waals surface area (Å²) in [6, 6.07) is 12.1. The van der Waals surface area contributed by atoms with Crippen LogP contribution in [0.3, 0.4) is 0 Å². The van der Waals surface area contributed by atoms with Gasteiger partial charge in [-0.25, -0.2) is 0 Å². The number of fused-ring (bicyclic) bond motifs is 2. The van der Waals surface area contributed by atoms with Crippen molar-refractivity contribution >= 4 is 29.3 Å². The molecule has 2 aromatic rings. The van der Waals surface area contributed by atoms with Crippen LogP contribution in [-0.2, 0) is 16.2 Å². The summed E-state index contributed by atoms with van der Waals surface area (Å²) < 4.78 is 10.8. The van der Waals surface area contributed by atoms with E-state index < -0.39 is 10.2 Å². The molecule has 2 heterocycles. The smallest absolute Gasteiger partial charge is 0.246 e. The number of halogens is 1. The molecule has 0 aromatic heterocycles. The minimum Gasteiger partial charge on any atom is -0.493 e. The molecule has 0 aliphatic carbocycles. The molecule has 4 rings (SSSR count). The van der Waals surface area contributed by atoms with E-state index >= 15 is 0 Å². The maximum Gasteiger partial charge on any atom is 0.246 e. The molecule has 2 aliphatic rings. The SMILES string of the molecule is COc1cc2c(cc1OC)S[C@@]1(c3ccc(C)cc3)[C@H](Cl)C(=O)N1C2. The summed E-state index contributed by atoms with van der Waals surface area (Å²) in [6.45, 7) is 2.56. The van der Waals surface area contributed by atoms with E-state index in [0.717, 1.165) is 16.0 Å². The number of hydrogen-bond acceptors (Lipinski definition) is 4. The zero-order valence-corrected chi connectivity index (χ0v) is 15.8. The molecule has 1 saturated heterocycles. The number of ether oxygens (including phenoxy) is 2. The highest BCUT2D eigenvalue weighted by atomic mass is 35.5. The van der Waals surface area contributed by atoms with Gasteiger partial charge in [0.2, 0.25) is 5.91 Å². The van der Waals surface area contributed by atoms with Crippen LogP contribution in [0.2, 0.25) is 0 Å². The second-order valence-electron chi connectivity index (χ2n) is 6.27. The average molecular weight is 376 g/mol. The normalized spacial score (nSPS) is 24.2. The molecule has 0 radical (unpaired) electrons. The lowest BCUT2D eigenvalue weighted by Gasteiger charge is -2.57. The first kappa shape index (κ1) is 16.6.